The second-order valence-corrected chi connectivity index (χ2v) is 9.50. The van der Waals surface area contributed by atoms with E-state index in [2.05, 4.69) is 19.6 Å². The van der Waals surface area contributed by atoms with E-state index in [1.807, 2.05) is 18.2 Å². The second-order valence-electron chi connectivity index (χ2n) is 5.07. The molecule has 0 aliphatic carbocycles. The van der Waals surface area contributed by atoms with Crippen LogP contribution < -0.4 is 9.16 Å². The second kappa shape index (κ2) is 5.86. The molecule has 0 radical (unpaired) electrons. The molecule has 0 fully saturated rings. The van der Waals surface area contributed by atoms with Crippen molar-refractivity contribution in [1.82, 2.24) is 0 Å². The van der Waals surface area contributed by atoms with Crippen molar-refractivity contribution in [3.05, 3.63) is 29.8 Å². The normalized spacial score (nSPS) is 11.6. The van der Waals surface area contributed by atoms with E-state index in [1.165, 1.54) is 13.0 Å². The van der Waals surface area contributed by atoms with E-state index < -0.39 is 8.32 Å². The summed E-state index contributed by atoms with van der Waals surface area (Å²) in [5, 5.41) is 0. The van der Waals surface area contributed by atoms with Crippen molar-refractivity contribution in [3.8, 4) is 11.5 Å². The van der Waals surface area contributed by atoms with Gasteiger partial charge in [-0.2, -0.15) is 0 Å². The fourth-order valence-corrected chi connectivity index (χ4v) is 2.24. The fourth-order valence-electron chi connectivity index (χ4n) is 1.42. The molecule has 0 N–H and O–H groups in total. The molecule has 0 unspecified atom stereocenters. The van der Waals surface area contributed by atoms with Crippen LogP contribution in [0.4, 0.5) is 0 Å². The predicted molar refractivity (Wildman–Crippen MR) is 76.7 cm³/mol. The van der Waals surface area contributed by atoms with Gasteiger partial charge in [0.05, 0.1) is 7.11 Å². The highest BCUT2D eigenvalue weighted by atomic mass is 28.4. The van der Waals surface area contributed by atoms with Crippen molar-refractivity contribution in [2.45, 2.75) is 26.6 Å². The zero-order valence-electron chi connectivity index (χ0n) is 11.6. The van der Waals surface area contributed by atoms with Gasteiger partial charge in [-0.1, -0.05) is 12.1 Å². The minimum atomic E-state index is -1.65. The Morgan fingerprint density at radius 2 is 1.89 bits per heavy atom. The van der Waals surface area contributed by atoms with Crippen molar-refractivity contribution >= 4 is 20.2 Å². The zero-order valence-corrected chi connectivity index (χ0v) is 12.6. The Bertz CT molecular complexity index is 459. The Hall–Kier alpha value is -1.55. The van der Waals surface area contributed by atoms with Crippen LogP contribution in [0.1, 0.15) is 12.5 Å². The average molecular weight is 264 g/mol. The molecule has 0 bridgehead atoms. The molecule has 3 nitrogen and oxygen atoms in total. The first-order chi connectivity index (χ1) is 8.31. The Balaban J connectivity index is 3.00. The lowest BCUT2D eigenvalue weighted by Gasteiger charge is -2.21. The van der Waals surface area contributed by atoms with E-state index in [1.54, 1.807) is 13.2 Å². The number of methoxy groups -OCH3 is 1. The number of carbonyl (C=O) groups is 1. The molecule has 0 spiro atoms. The molecule has 4 heteroatoms. The third-order valence-electron chi connectivity index (χ3n) is 2.11. The summed E-state index contributed by atoms with van der Waals surface area (Å²) in [6, 6.07) is 5.67. The molecule has 0 heterocycles. The molecule has 1 rings (SSSR count). The molecule has 0 atom stereocenters. The quantitative estimate of drug-likeness (QED) is 0.603. The monoisotopic (exact) mass is 264 g/mol. The first kappa shape index (κ1) is 14.5. The van der Waals surface area contributed by atoms with E-state index in [4.69, 9.17) is 9.16 Å². The van der Waals surface area contributed by atoms with E-state index >= 15 is 0 Å². The molecule has 1 aromatic rings. The SMILES string of the molecule is COc1cc(/C=C/C(C)=O)ccc1O[Si](C)(C)C. The first-order valence-corrected chi connectivity index (χ1v) is 9.28. The smallest absolute Gasteiger partial charge is 0.242 e. The standard InChI is InChI=1S/C14H20O3Si/c1-11(15)6-7-12-8-9-13(14(10-12)16-2)17-18(3,4)5/h6-10H,1-5H3/b7-6+. The number of carbonyl (C=O) groups excluding carboxylic acids is 1. The molecule has 98 valence electrons. The number of rotatable bonds is 5. The number of hydrogen-bond acceptors (Lipinski definition) is 3. The molecular weight excluding hydrogens is 244 g/mol. The summed E-state index contributed by atoms with van der Waals surface area (Å²) >= 11 is 0. The Morgan fingerprint density at radius 1 is 1.22 bits per heavy atom. The molecule has 0 saturated carbocycles. The van der Waals surface area contributed by atoms with E-state index in [9.17, 15) is 4.79 Å². The summed E-state index contributed by atoms with van der Waals surface area (Å²) in [5.41, 5.74) is 0.921. The van der Waals surface area contributed by atoms with Gasteiger partial charge in [0.15, 0.2) is 11.5 Å². The van der Waals surface area contributed by atoms with Gasteiger partial charge in [0.1, 0.15) is 5.75 Å². The predicted octanol–water partition coefficient (Wildman–Crippen LogP) is 3.51. The molecule has 0 aromatic heterocycles. The van der Waals surface area contributed by atoms with E-state index in [0.717, 1.165) is 11.3 Å². The summed E-state index contributed by atoms with van der Waals surface area (Å²) in [5.74, 6) is 1.48. The Labute approximate surface area is 110 Å². The summed E-state index contributed by atoms with van der Waals surface area (Å²) in [6.07, 6.45) is 3.30. The minimum absolute atomic E-state index is 0.0244. The van der Waals surface area contributed by atoms with Gasteiger partial charge in [0.25, 0.3) is 0 Å². The van der Waals surface area contributed by atoms with Crippen LogP contribution in [-0.2, 0) is 4.79 Å². The van der Waals surface area contributed by atoms with Crippen LogP contribution in [0.3, 0.4) is 0 Å². The molecule has 1 aromatic carbocycles. The van der Waals surface area contributed by atoms with Crippen molar-refractivity contribution < 1.29 is 14.0 Å². The van der Waals surface area contributed by atoms with Gasteiger partial charge < -0.3 is 9.16 Å². The van der Waals surface area contributed by atoms with E-state index in [-0.39, 0.29) is 5.78 Å². The highest BCUT2D eigenvalue weighted by Crippen LogP contribution is 2.30. The number of benzene rings is 1. The van der Waals surface area contributed by atoms with Crippen LogP contribution >= 0.6 is 0 Å². The summed E-state index contributed by atoms with van der Waals surface area (Å²) < 4.78 is 11.2. The largest absolute Gasteiger partial charge is 0.542 e. The molecule has 0 saturated heterocycles. The van der Waals surface area contributed by atoms with Gasteiger partial charge in [0.2, 0.25) is 8.32 Å². The number of allylic oxidation sites excluding steroid dienone is 1. The lowest BCUT2D eigenvalue weighted by atomic mass is 10.2. The van der Waals surface area contributed by atoms with Crippen LogP contribution in [0.15, 0.2) is 24.3 Å². The highest BCUT2D eigenvalue weighted by molar-refractivity contribution is 6.70. The lowest BCUT2D eigenvalue weighted by molar-refractivity contribution is -0.112. The molecule has 18 heavy (non-hydrogen) atoms. The lowest BCUT2D eigenvalue weighted by Crippen LogP contribution is -2.29. The van der Waals surface area contributed by atoms with Crippen LogP contribution in [0, 0.1) is 0 Å². The van der Waals surface area contributed by atoms with Gasteiger partial charge in [0, 0.05) is 0 Å². The van der Waals surface area contributed by atoms with Gasteiger partial charge in [-0.05, 0) is 50.3 Å². The van der Waals surface area contributed by atoms with Gasteiger partial charge in [-0.3, -0.25) is 4.79 Å². The van der Waals surface area contributed by atoms with Gasteiger partial charge >= 0.3 is 0 Å². The fraction of sp³-hybridized carbons (Fsp3) is 0.357. The summed E-state index contributed by atoms with van der Waals surface area (Å²) in [7, 11) is -0.0356. The van der Waals surface area contributed by atoms with Crippen molar-refractivity contribution in [2.24, 2.45) is 0 Å². The third kappa shape index (κ3) is 4.75. The van der Waals surface area contributed by atoms with Crippen LogP contribution in [0.25, 0.3) is 6.08 Å². The maximum absolute atomic E-state index is 10.9. The van der Waals surface area contributed by atoms with Crippen molar-refractivity contribution in [2.75, 3.05) is 7.11 Å². The molecule has 0 aliphatic rings. The number of ether oxygens (including phenoxy) is 1. The Morgan fingerprint density at radius 3 is 2.39 bits per heavy atom. The molecule has 0 aliphatic heterocycles. The maximum Gasteiger partial charge on any atom is 0.242 e. The van der Waals surface area contributed by atoms with Gasteiger partial charge in [-0.15, -0.1) is 0 Å². The van der Waals surface area contributed by atoms with Gasteiger partial charge in [-0.25, -0.2) is 0 Å². The topological polar surface area (TPSA) is 35.5 Å². The van der Waals surface area contributed by atoms with Crippen LogP contribution in [-0.4, -0.2) is 21.2 Å². The van der Waals surface area contributed by atoms with E-state index in [0.29, 0.717) is 5.75 Å². The zero-order chi connectivity index (χ0) is 13.8. The summed E-state index contributed by atoms with van der Waals surface area (Å²) in [4.78, 5) is 10.9. The Kier molecular flexibility index (Phi) is 4.73. The first-order valence-electron chi connectivity index (χ1n) is 5.87. The number of ketones is 1. The molecule has 0 amide bonds. The van der Waals surface area contributed by atoms with Crippen molar-refractivity contribution in [3.63, 3.8) is 0 Å². The summed E-state index contributed by atoms with van der Waals surface area (Å²) in [6.45, 7) is 7.89. The minimum Gasteiger partial charge on any atom is -0.542 e. The third-order valence-corrected chi connectivity index (χ3v) is 2.95. The van der Waals surface area contributed by atoms with Crippen molar-refractivity contribution in [1.29, 1.82) is 0 Å². The number of hydrogen-bond donors (Lipinski definition) is 0. The maximum atomic E-state index is 10.9. The highest BCUT2D eigenvalue weighted by Gasteiger charge is 2.18. The van der Waals surface area contributed by atoms with Crippen LogP contribution in [0.2, 0.25) is 19.6 Å². The van der Waals surface area contributed by atoms with Crippen LogP contribution in [0.5, 0.6) is 11.5 Å². The molecular formula is C14H20O3Si. The average Bonchev–Trinajstić information content (AvgIpc) is 2.25.